The minimum Gasteiger partial charge on any atom is -0.420 e. The molecule has 2 atom stereocenters. The molecular weight excluding hydrogens is 316 g/mol. The van der Waals surface area contributed by atoms with E-state index in [0.717, 1.165) is 43.4 Å². The second-order valence-corrected chi connectivity index (χ2v) is 8.49. The zero-order valence-corrected chi connectivity index (χ0v) is 14.4. The molecule has 2 aromatic rings. The Bertz CT molecular complexity index is 827. The van der Waals surface area contributed by atoms with E-state index in [1.165, 1.54) is 6.42 Å². The van der Waals surface area contributed by atoms with Crippen LogP contribution < -0.4 is 5.73 Å². The first-order valence-electron chi connectivity index (χ1n) is 9.05. The van der Waals surface area contributed by atoms with Crippen molar-refractivity contribution in [3.8, 4) is 11.5 Å². The number of primary amides is 1. The summed E-state index contributed by atoms with van der Waals surface area (Å²) in [6.07, 6.45) is 7.67. The molecule has 4 aliphatic rings. The fraction of sp³-hybridized carbons (Fsp3) is 0.579. The van der Waals surface area contributed by atoms with Gasteiger partial charge in [0.05, 0.1) is 16.4 Å². The van der Waals surface area contributed by atoms with Crippen molar-refractivity contribution in [2.45, 2.75) is 50.9 Å². The molecule has 4 saturated carbocycles. The molecule has 4 fully saturated rings. The maximum absolute atomic E-state index is 12.2. The van der Waals surface area contributed by atoms with Gasteiger partial charge in [-0.3, -0.25) is 9.78 Å². The van der Waals surface area contributed by atoms with Crippen LogP contribution in [0.15, 0.2) is 22.7 Å². The van der Waals surface area contributed by atoms with E-state index in [0.29, 0.717) is 23.6 Å². The molecule has 6 rings (SSSR count). The Labute approximate surface area is 146 Å². The van der Waals surface area contributed by atoms with Crippen molar-refractivity contribution in [1.29, 1.82) is 0 Å². The number of aryl methyl sites for hydroxylation is 1. The van der Waals surface area contributed by atoms with Gasteiger partial charge in [-0.2, -0.15) is 0 Å². The van der Waals surface area contributed by atoms with Gasteiger partial charge in [-0.1, -0.05) is 0 Å². The number of hydrogen-bond acceptors (Lipinski definition) is 5. The van der Waals surface area contributed by atoms with E-state index >= 15 is 0 Å². The smallest absolute Gasteiger partial charge is 0.249 e. The largest absolute Gasteiger partial charge is 0.420 e. The quantitative estimate of drug-likeness (QED) is 0.928. The first-order valence-corrected chi connectivity index (χ1v) is 9.05. The zero-order valence-electron chi connectivity index (χ0n) is 14.4. The van der Waals surface area contributed by atoms with Crippen LogP contribution in [-0.2, 0) is 10.2 Å². The number of carbonyl (C=O) groups is 1. The van der Waals surface area contributed by atoms with Gasteiger partial charge in [0.2, 0.25) is 17.7 Å². The van der Waals surface area contributed by atoms with Crippen molar-refractivity contribution in [2.24, 2.45) is 23.0 Å². The number of carbonyl (C=O) groups excluding carboxylic acids is 1. The van der Waals surface area contributed by atoms with Gasteiger partial charge in [0.25, 0.3) is 0 Å². The molecule has 130 valence electrons. The Balaban J connectivity index is 1.53. The van der Waals surface area contributed by atoms with Gasteiger partial charge in [0, 0.05) is 11.9 Å². The third-order valence-electron chi connectivity index (χ3n) is 6.62. The van der Waals surface area contributed by atoms with E-state index in [2.05, 4.69) is 15.2 Å². The van der Waals surface area contributed by atoms with Crippen LogP contribution >= 0.6 is 0 Å². The van der Waals surface area contributed by atoms with E-state index in [1.54, 1.807) is 6.20 Å². The van der Waals surface area contributed by atoms with Gasteiger partial charge in [-0.05, 0) is 69.4 Å². The lowest BCUT2D eigenvalue weighted by Crippen LogP contribution is -2.58. The van der Waals surface area contributed by atoms with Gasteiger partial charge in [-0.25, -0.2) is 0 Å². The standard InChI is InChI=1S/C19H22N4O2/c1-11-2-3-14(9-21-11)15-22-23-17(25-15)19-7-12-4-13(8-19)6-18(5-12,10-19)16(20)24/h2-3,9,12-13H,4-8,10H2,1H3,(H2,20,24). The van der Waals surface area contributed by atoms with Crippen molar-refractivity contribution in [3.05, 3.63) is 29.9 Å². The number of pyridine rings is 1. The molecule has 25 heavy (non-hydrogen) atoms. The maximum atomic E-state index is 12.2. The van der Waals surface area contributed by atoms with Crippen molar-refractivity contribution in [2.75, 3.05) is 0 Å². The zero-order chi connectivity index (χ0) is 17.2. The average molecular weight is 338 g/mol. The first-order chi connectivity index (χ1) is 12.0. The Morgan fingerprint density at radius 1 is 1.20 bits per heavy atom. The van der Waals surface area contributed by atoms with E-state index < -0.39 is 0 Å². The molecule has 0 aliphatic heterocycles. The summed E-state index contributed by atoms with van der Waals surface area (Å²) in [6, 6.07) is 3.89. The van der Waals surface area contributed by atoms with Crippen LogP contribution in [0.2, 0.25) is 0 Å². The summed E-state index contributed by atoms with van der Waals surface area (Å²) in [6.45, 7) is 1.95. The van der Waals surface area contributed by atoms with Crippen molar-refractivity contribution in [3.63, 3.8) is 0 Å². The molecule has 2 N–H and O–H groups in total. The highest BCUT2D eigenvalue weighted by atomic mass is 16.4. The van der Waals surface area contributed by atoms with Gasteiger partial charge >= 0.3 is 0 Å². The minimum absolute atomic E-state index is 0.145. The lowest BCUT2D eigenvalue weighted by Gasteiger charge is -2.59. The summed E-state index contributed by atoms with van der Waals surface area (Å²) >= 11 is 0. The van der Waals surface area contributed by atoms with Crippen LogP contribution in [0, 0.1) is 24.2 Å². The Kier molecular flexibility index (Phi) is 2.95. The monoisotopic (exact) mass is 338 g/mol. The molecular formula is C19H22N4O2. The van der Waals surface area contributed by atoms with Crippen LogP contribution in [0.5, 0.6) is 0 Å². The first kappa shape index (κ1) is 15.0. The molecule has 1 amide bonds. The molecule has 2 unspecified atom stereocenters. The van der Waals surface area contributed by atoms with E-state index in [-0.39, 0.29) is 16.7 Å². The van der Waals surface area contributed by atoms with Crippen molar-refractivity contribution < 1.29 is 9.21 Å². The van der Waals surface area contributed by atoms with Gasteiger partial charge < -0.3 is 10.2 Å². The number of amides is 1. The van der Waals surface area contributed by atoms with Gasteiger partial charge in [0.1, 0.15) is 0 Å². The van der Waals surface area contributed by atoms with Crippen LogP contribution in [0.3, 0.4) is 0 Å². The molecule has 4 aliphatic carbocycles. The minimum atomic E-state index is -0.371. The number of nitrogens with zero attached hydrogens (tertiary/aromatic N) is 3. The third kappa shape index (κ3) is 2.16. The highest BCUT2D eigenvalue weighted by Crippen LogP contribution is 2.65. The second-order valence-electron chi connectivity index (χ2n) is 8.49. The van der Waals surface area contributed by atoms with E-state index in [4.69, 9.17) is 10.2 Å². The molecule has 6 nitrogen and oxygen atoms in total. The normalized spacial score (nSPS) is 35.9. The highest BCUT2D eigenvalue weighted by Gasteiger charge is 2.62. The van der Waals surface area contributed by atoms with E-state index in [9.17, 15) is 4.79 Å². The van der Waals surface area contributed by atoms with Gasteiger partial charge in [-0.15, -0.1) is 10.2 Å². The summed E-state index contributed by atoms with van der Waals surface area (Å²) in [5.41, 5.74) is 7.06. The van der Waals surface area contributed by atoms with Gasteiger partial charge in [0.15, 0.2) is 0 Å². The molecule has 0 spiro atoms. The molecule has 4 bridgehead atoms. The summed E-state index contributed by atoms with van der Waals surface area (Å²) in [7, 11) is 0. The van der Waals surface area contributed by atoms with Crippen LogP contribution in [0.4, 0.5) is 0 Å². The average Bonchev–Trinajstić information content (AvgIpc) is 3.05. The lowest BCUT2D eigenvalue weighted by molar-refractivity contribution is -0.146. The Morgan fingerprint density at radius 2 is 1.96 bits per heavy atom. The SMILES string of the molecule is Cc1ccc(-c2nnc(C34CC5CC(CC(C(N)=O)(C5)C3)C4)o2)cn1. The van der Waals surface area contributed by atoms with Crippen LogP contribution in [0.1, 0.15) is 50.1 Å². The molecule has 6 heteroatoms. The van der Waals surface area contributed by atoms with Crippen molar-refractivity contribution in [1.82, 2.24) is 15.2 Å². The molecule has 0 radical (unpaired) electrons. The summed E-state index contributed by atoms with van der Waals surface area (Å²) in [4.78, 5) is 16.5. The Morgan fingerprint density at radius 3 is 2.60 bits per heavy atom. The fourth-order valence-electron chi connectivity index (χ4n) is 5.95. The summed E-state index contributed by atoms with van der Waals surface area (Å²) in [5, 5.41) is 8.67. The summed E-state index contributed by atoms with van der Waals surface area (Å²) < 4.78 is 6.10. The van der Waals surface area contributed by atoms with Crippen molar-refractivity contribution >= 4 is 5.91 Å². The number of nitrogens with two attached hydrogens (primary N) is 1. The number of hydrogen-bond donors (Lipinski definition) is 1. The van der Waals surface area contributed by atoms with E-state index in [1.807, 2.05) is 19.1 Å². The molecule has 0 saturated heterocycles. The van der Waals surface area contributed by atoms with Crippen LogP contribution in [-0.4, -0.2) is 21.1 Å². The predicted molar refractivity (Wildman–Crippen MR) is 90.3 cm³/mol. The summed E-state index contributed by atoms with van der Waals surface area (Å²) in [5.74, 6) is 2.14. The topological polar surface area (TPSA) is 94.9 Å². The maximum Gasteiger partial charge on any atom is 0.249 e. The second kappa shape index (κ2) is 4.90. The number of rotatable bonds is 3. The molecule has 2 aromatic heterocycles. The lowest BCUT2D eigenvalue weighted by atomic mass is 9.44. The third-order valence-corrected chi connectivity index (χ3v) is 6.62. The predicted octanol–water partition coefficient (Wildman–Crippen LogP) is 2.76. The Hall–Kier alpha value is -2.24. The van der Waals surface area contributed by atoms with Crippen LogP contribution in [0.25, 0.3) is 11.5 Å². The number of aromatic nitrogens is 3. The molecule has 0 aromatic carbocycles. The highest BCUT2D eigenvalue weighted by molar-refractivity contribution is 5.81. The fourth-order valence-corrected chi connectivity index (χ4v) is 5.95. The molecule has 2 heterocycles.